The van der Waals surface area contributed by atoms with Gasteiger partial charge in [0.15, 0.2) is 0 Å². The van der Waals surface area contributed by atoms with E-state index in [1.54, 1.807) is 0 Å². The summed E-state index contributed by atoms with van der Waals surface area (Å²) in [6.07, 6.45) is 8.63. The SMILES string of the molecule is [CH]1CCN(Cc2cccnc2)CC1. The summed E-state index contributed by atoms with van der Waals surface area (Å²) in [4.78, 5) is 6.60. The summed E-state index contributed by atoms with van der Waals surface area (Å²) in [5, 5.41) is 0. The van der Waals surface area contributed by atoms with E-state index in [1.807, 2.05) is 18.5 Å². The molecular formula is C11H15N2. The van der Waals surface area contributed by atoms with Gasteiger partial charge in [0.25, 0.3) is 0 Å². The van der Waals surface area contributed by atoms with Gasteiger partial charge in [-0.1, -0.05) is 6.07 Å². The van der Waals surface area contributed by atoms with Gasteiger partial charge >= 0.3 is 0 Å². The van der Waals surface area contributed by atoms with Gasteiger partial charge < -0.3 is 0 Å². The highest BCUT2D eigenvalue weighted by Gasteiger charge is 2.09. The Morgan fingerprint density at radius 3 is 2.85 bits per heavy atom. The average Bonchev–Trinajstić information content (AvgIpc) is 2.21. The summed E-state index contributed by atoms with van der Waals surface area (Å²) >= 11 is 0. The van der Waals surface area contributed by atoms with Crippen LogP contribution in [0.15, 0.2) is 24.5 Å². The Morgan fingerprint density at radius 1 is 1.31 bits per heavy atom. The number of likely N-dealkylation sites (tertiary alicyclic amines) is 1. The molecule has 0 amide bonds. The van der Waals surface area contributed by atoms with Crippen LogP contribution in [0.2, 0.25) is 0 Å². The predicted octanol–water partition coefficient (Wildman–Crippen LogP) is 1.88. The summed E-state index contributed by atoms with van der Waals surface area (Å²) in [6, 6.07) is 4.15. The number of hydrogen-bond donors (Lipinski definition) is 0. The van der Waals surface area contributed by atoms with Crippen molar-refractivity contribution in [3.05, 3.63) is 36.5 Å². The lowest BCUT2D eigenvalue weighted by Crippen LogP contribution is -2.29. The number of rotatable bonds is 2. The van der Waals surface area contributed by atoms with Crippen molar-refractivity contribution in [3.63, 3.8) is 0 Å². The predicted molar refractivity (Wildman–Crippen MR) is 53.0 cm³/mol. The fraction of sp³-hybridized carbons (Fsp3) is 0.455. The van der Waals surface area contributed by atoms with Crippen LogP contribution in [0.4, 0.5) is 0 Å². The van der Waals surface area contributed by atoms with Gasteiger partial charge in [0, 0.05) is 18.9 Å². The van der Waals surface area contributed by atoms with Crippen LogP contribution < -0.4 is 0 Å². The number of hydrogen-bond acceptors (Lipinski definition) is 2. The van der Waals surface area contributed by atoms with Crippen molar-refractivity contribution in [2.75, 3.05) is 13.1 Å². The van der Waals surface area contributed by atoms with Crippen LogP contribution in [0, 0.1) is 6.42 Å². The number of pyridine rings is 1. The molecule has 0 atom stereocenters. The van der Waals surface area contributed by atoms with Gasteiger partial charge in [-0.15, -0.1) is 0 Å². The van der Waals surface area contributed by atoms with Crippen molar-refractivity contribution in [2.45, 2.75) is 19.4 Å². The van der Waals surface area contributed by atoms with Crippen LogP contribution in [0.1, 0.15) is 18.4 Å². The molecule has 13 heavy (non-hydrogen) atoms. The molecule has 1 aromatic rings. The first-order chi connectivity index (χ1) is 6.45. The lowest BCUT2D eigenvalue weighted by atomic mass is 10.1. The molecule has 1 aliphatic rings. The average molecular weight is 175 g/mol. The molecule has 1 radical (unpaired) electrons. The highest BCUT2D eigenvalue weighted by molar-refractivity contribution is 5.08. The molecule has 0 saturated carbocycles. The van der Waals surface area contributed by atoms with Crippen molar-refractivity contribution >= 4 is 0 Å². The van der Waals surface area contributed by atoms with Crippen molar-refractivity contribution in [1.82, 2.24) is 9.88 Å². The topological polar surface area (TPSA) is 16.1 Å². The van der Waals surface area contributed by atoms with Crippen molar-refractivity contribution in [2.24, 2.45) is 0 Å². The van der Waals surface area contributed by atoms with Gasteiger partial charge in [-0.25, -0.2) is 0 Å². The lowest BCUT2D eigenvalue weighted by molar-refractivity contribution is 0.246. The maximum absolute atomic E-state index is 4.12. The van der Waals surface area contributed by atoms with Gasteiger partial charge in [0.1, 0.15) is 0 Å². The van der Waals surface area contributed by atoms with E-state index in [0.717, 1.165) is 6.54 Å². The van der Waals surface area contributed by atoms with Crippen LogP contribution in [0.3, 0.4) is 0 Å². The van der Waals surface area contributed by atoms with E-state index in [9.17, 15) is 0 Å². The molecule has 0 unspecified atom stereocenters. The Labute approximate surface area is 79.6 Å². The van der Waals surface area contributed by atoms with Crippen molar-refractivity contribution in [3.8, 4) is 0 Å². The van der Waals surface area contributed by atoms with Crippen LogP contribution in [-0.4, -0.2) is 23.0 Å². The maximum atomic E-state index is 4.12. The molecule has 1 fully saturated rings. The molecule has 69 valence electrons. The van der Waals surface area contributed by atoms with Gasteiger partial charge in [-0.05, 0) is 44.0 Å². The highest BCUT2D eigenvalue weighted by atomic mass is 15.1. The van der Waals surface area contributed by atoms with Gasteiger partial charge in [-0.3, -0.25) is 9.88 Å². The van der Waals surface area contributed by atoms with Gasteiger partial charge in [0.05, 0.1) is 0 Å². The Morgan fingerprint density at radius 2 is 2.15 bits per heavy atom. The molecular weight excluding hydrogens is 160 g/mol. The Bertz CT molecular complexity index is 240. The summed E-state index contributed by atoms with van der Waals surface area (Å²) < 4.78 is 0. The second-order valence-corrected chi connectivity index (χ2v) is 3.50. The summed E-state index contributed by atoms with van der Waals surface area (Å²) in [6.45, 7) is 3.46. The summed E-state index contributed by atoms with van der Waals surface area (Å²) in [7, 11) is 0. The third-order valence-corrected chi connectivity index (χ3v) is 2.43. The quantitative estimate of drug-likeness (QED) is 0.682. The number of nitrogens with zero attached hydrogens (tertiary/aromatic N) is 2. The van der Waals surface area contributed by atoms with Crippen LogP contribution in [-0.2, 0) is 6.54 Å². The second kappa shape index (κ2) is 4.38. The molecule has 0 spiro atoms. The number of aromatic nitrogens is 1. The first-order valence-corrected chi connectivity index (χ1v) is 4.88. The molecule has 0 N–H and O–H groups in total. The molecule has 1 aromatic heterocycles. The van der Waals surface area contributed by atoms with Gasteiger partial charge in [0.2, 0.25) is 0 Å². The minimum absolute atomic E-state index is 1.06. The largest absolute Gasteiger partial charge is 0.299 e. The van der Waals surface area contributed by atoms with E-state index in [2.05, 4.69) is 22.4 Å². The highest BCUT2D eigenvalue weighted by Crippen LogP contribution is 2.11. The Hall–Kier alpha value is -0.890. The smallest absolute Gasteiger partial charge is 0.0312 e. The van der Waals surface area contributed by atoms with Crippen molar-refractivity contribution in [1.29, 1.82) is 0 Å². The third-order valence-electron chi connectivity index (χ3n) is 2.43. The number of piperidine rings is 1. The monoisotopic (exact) mass is 175 g/mol. The molecule has 2 rings (SSSR count). The zero-order valence-electron chi connectivity index (χ0n) is 7.82. The van der Waals surface area contributed by atoms with Crippen LogP contribution in [0.5, 0.6) is 0 Å². The fourth-order valence-corrected chi connectivity index (χ4v) is 1.71. The summed E-state index contributed by atoms with van der Waals surface area (Å²) in [5.41, 5.74) is 1.32. The standard InChI is InChI=1S/C11H15N2/c1-2-7-13(8-3-1)10-11-5-4-6-12-9-11/h1,4-6,9H,2-3,7-8,10H2. The first kappa shape index (κ1) is 8.70. The lowest BCUT2D eigenvalue weighted by Gasteiger charge is -2.25. The fourth-order valence-electron chi connectivity index (χ4n) is 1.71. The zero-order valence-corrected chi connectivity index (χ0v) is 7.82. The van der Waals surface area contributed by atoms with E-state index in [0.29, 0.717) is 0 Å². The first-order valence-electron chi connectivity index (χ1n) is 4.88. The Kier molecular flexibility index (Phi) is 2.93. The molecule has 2 nitrogen and oxygen atoms in total. The summed E-state index contributed by atoms with van der Waals surface area (Å²) in [5.74, 6) is 0. The van der Waals surface area contributed by atoms with Crippen LogP contribution in [0.25, 0.3) is 0 Å². The van der Waals surface area contributed by atoms with E-state index in [4.69, 9.17) is 0 Å². The molecule has 0 aromatic carbocycles. The molecule has 2 heterocycles. The van der Waals surface area contributed by atoms with E-state index < -0.39 is 0 Å². The zero-order chi connectivity index (χ0) is 8.93. The normalized spacial score (nSPS) is 18.8. The molecule has 1 saturated heterocycles. The van der Waals surface area contributed by atoms with Crippen LogP contribution >= 0.6 is 0 Å². The van der Waals surface area contributed by atoms with Gasteiger partial charge in [-0.2, -0.15) is 0 Å². The maximum Gasteiger partial charge on any atom is 0.0312 e. The minimum Gasteiger partial charge on any atom is -0.299 e. The second-order valence-electron chi connectivity index (χ2n) is 3.50. The minimum atomic E-state index is 1.06. The molecule has 0 aliphatic carbocycles. The van der Waals surface area contributed by atoms with Crippen molar-refractivity contribution < 1.29 is 0 Å². The molecule has 2 heteroatoms. The van der Waals surface area contributed by atoms with E-state index >= 15 is 0 Å². The Balaban J connectivity index is 1.90. The van der Waals surface area contributed by atoms with E-state index in [-0.39, 0.29) is 0 Å². The molecule has 0 bridgehead atoms. The molecule has 1 aliphatic heterocycles. The van der Waals surface area contributed by atoms with E-state index in [1.165, 1.54) is 31.5 Å². The third kappa shape index (κ3) is 2.52.